The predicted molar refractivity (Wildman–Crippen MR) is 71.6 cm³/mol. The van der Waals surface area contributed by atoms with E-state index in [2.05, 4.69) is 50.4 Å². The lowest BCUT2D eigenvalue weighted by molar-refractivity contribution is 0.113. The van der Waals surface area contributed by atoms with Crippen LogP contribution >= 0.6 is 0 Å². The van der Waals surface area contributed by atoms with Gasteiger partial charge in [-0.05, 0) is 17.0 Å². The van der Waals surface area contributed by atoms with E-state index in [1.54, 1.807) is 0 Å². The van der Waals surface area contributed by atoms with E-state index in [1.807, 2.05) is 0 Å². The Morgan fingerprint density at radius 2 is 1.94 bits per heavy atom. The fourth-order valence-electron chi connectivity index (χ4n) is 2.31. The Labute approximate surface area is 104 Å². The topological polar surface area (TPSA) is 21.3 Å². The van der Waals surface area contributed by atoms with Gasteiger partial charge in [-0.1, -0.05) is 45.0 Å². The molecule has 1 fully saturated rings. The first-order chi connectivity index (χ1) is 8.12. The van der Waals surface area contributed by atoms with Crippen LogP contribution in [0.15, 0.2) is 24.3 Å². The van der Waals surface area contributed by atoms with E-state index >= 15 is 0 Å². The van der Waals surface area contributed by atoms with Crippen LogP contribution in [-0.4, -0.2) is 26.3 Å². The number of benzene rings is 1. The summed E-state index contributed by atoms with van der Waals surface area (Å²) in [6, 6.07) is 9.00. The summed E-state index contributed by atoms with van der Waals surface area (Å²) in [7, 11) is 0. The van der Waals surface area contributed by atoms with Crippen LogP contribution in [-0.2, 0) is 10.2 Å². The zero-order valence-electron chi connectivity index (χ0n) is 11.1. The molecule has 0 bridgehead atoms. The highest BCUT2D eigenvalue weighted by molar-refractivity contribution is 5.30. The van der Waals surface area contributed by atoms with Crippen LogP contribution in [0.2, 0.25) is 0 Å². The van der Waals surface area contributed by atoms with Gasteiger partial charge in [-0.3, -0.25) is 0 Å². The molecule has 1 saturated heterocycles. The molecule has 1 atom stereocenters. The molecule has 2 heteroatoms. The van der Waals surface area contributed by atoms with Crippen LogP contribution in [0.3, 0.4) is 0 Å². The Balaban J connectivity index is 2.19. The summed E-state index contributed by atoms with van der Waals surface area (Å²) < 4.78 is 5.68. The van der Waals surface area contributed by atoms with Gasteiger partial charge >= 0.3 is 0 Å². The molecule has 0 spiro atoms. The molecule has 1 aromatic rings. The van der Waals surface area contributed by atoms with Crippen LogP contribution < -0.4 is 5.32 Å². The fourth-order valence-corrected chi connectivity index (χ4v) is 2.31. The third kappa shape index (κ3) is 2.88. The van der Waals surface area contributed by atoms with E-state index in [1.165, 1.54) is 11.1 Å². The van der Waals surface area contributed by atoms with Gasteiger partial charge in [0.1, 0.15) is 0 Å². The highest BCUT2D eigenvalue weighted by atomic mass is 16.5. The first kappa shape index (κ1) is 12.6. The first-order valence-corrected chi connectivity index (χ1v) is 6.51. The van der Waals surface area contributed by atoms with E-state index in [4.69, 9.17) is 4.74 Å². The van der Waals surface area contributed by atoms with Crippen molar-refractivity contribution in [1.82, 2.24) is 5.32 Å². The number of hydrogen-bond acceptors (Lipinski definition) is 2. The van der Waals surface area contributed by atoms with Gasteiger partial charge in [0.05, 0.1) is 13.2 Å². The number of ether oxygens (including phenoxy) is 1. The molecule has 1 aliphatic rings. The van der Waals surface area contributed by atoms with E-state index in [9.17, 15) is 0 Å². The van der Waals surface area contributed by atoms with E-state index in [0.717, 1.165) is 26.3 Å². The van der Waals surface area contributed by atoms with Crippen LogP contribution in [0, 0.1) is 0 Å². The molecular formula is C15H23NO. The monoisotopic (exact) mass is 233 g/mol. The molecule has 2 rings (SSSR count). The summed E-state index contributed by atoms with van der Waals surface area (Å²) in [6.07, 6.45) is 0. The maximum Gasteiger partial charge on any atom is 0.0591 e. The third-order valence-electron chi connectivity index (χ3n) is 3.63. The fraction of sp³-hybridized carbons (Fsp3) is 0.600. The second kappa shape index (κ2) is 5.19. The summed E-state index contributed by atoms with van der Waals surface area (Å²) in [5.41, 5.74) is 2.88. The van der Waals surface area contributed by atoms with Crippen molar-refractivity contribution in [1.29, 1.82) is 0 Å². The lowest BCUT2D eigenvalue weighted by Gasteiger charge is -2.28. The highest BCUT2D eigenvalue weighted by Gasteiger charge is 2.28. The average Bonchev–Trinajstić information content (AvgIpc) is 2.55. The normalized spacial score (nSPS) is 25.9. The zero-order valence-corrected chi connectivity index (χ0v) is 11.1. The molecular weight excluding hydrogens is 210 g/mol. The average molecular weight is 233 g/mol. The number of rotatable bonds is 2. The van der Waals surface area contributed by atoms with Crippen molar-refractivity contribution >= 4 is 0 Å². The lowest BCUT2D eigenvalue weighted by Crippen LogP contribution is -2.36. The van der Waals surface area contributed by atoms with Gasteiger partial charge in [-0.15, -0.1) is 0 Å². The summed E-state index contributed by atoms with van der Waals surface area (Å²) in [4.78, 5) is 0. The van der Waals surface area contributed by atoms with Crippen molar-refractivity contribution in [2.24, 2.45) is 0 Å². The predicted octanol–water partition coefficient (Wildman–Crippen LogP) is 2.69. The SMILES string of the molecule is CC(C)c1ccc(C2(C)CNCCOC2)cc1. The number of nitrogens with one attached hydrogen (secondary N) is 1. The van der Waals surface area contributed by atoms with Crippen molar-refractivity contribution < 1.29 is 4.74 Å². The molecule has 0 radical (unpaired) electrons. The van der Waals surface area contributed by atoms with Crippen molar-refractivity contribution in [3.8, 4) is 0 Å². The smallest absolute Gasteiger partial charge is 0.0591 e. The molecule has 0 aliphatic carbocycles. The minimum atomic E-state index is 0.103. The quantitative estimate of drug-likeness (QED) is 0.848. The van der Waals surface area contributed by atoms with E-state index in [0.29, 0.717) is 5.92 Å². The molecule has 2 nitrogen and oxygen atoms in total. The van der Waals surface area contributed by atoms with Crippen molar-refractivity contribution in [2.75, 3.05) is 26.3 Å². The minimum Gasteiger partial charge on any atom is -0.379 e. The lowest BCUT2D eigenvalue weighted by atomic mass is 9.82. The molecule has 94 valence electrons. The first-order valence-electron chi connectivity index (χ1n) is 6.51. The standard InChI is InChI=1S/C15H23NO/c1-12(2)13-4-6-14(7-5-13)15(3)10-16-8-9-17-11-15/h4-7,12,16H,8-11H2,1-3H3. The zero-order chi connectivity index (χ0) is 12.3. The Kier molecular flexibility index (Phi) is 3.85. The summed E-state index contributed by atoms with van der Waals surface area (Å²) in [6.45, 7) is 10.3. The minimum absolute atomic E-state index is 0.103. The van der Waals surface area contributed by atoms with E-state index < -0.39 is 0 Å². The maximum absolute atomic E-state index is 5.68. The van der Waals surface area contributed by atoms with Crippen LogP contribution in [0.25, 0.3) is 0 Å². The van der Waals surface area contributed by atoms with Gasteiger partial charge in [0.25, 0.3) is 0 Å². The Morgan fingerprint density at radius 1 is 1.24 bits per heavy atom. The molecule has 0 amide bonds. The highest BCUT2D eigenvalue weighted by Crippen LogP contribution is 2.26. The Bertz CT molecular complexity index is 348. The second-order valence-electron chi connectivity index (χ2n) is 5.57. The summed E-state index contributed by atoms with van der Waals surface area (Å²) in [5, 5.41) is 3.45. The van der Waals surface area contributed by atoms with Gasteiger partial charge in [0.15, 0.2) is 0 Å². The second-order valence-corrected chi connectivity index (χ2v) is 5.57. The third-order valence-corrected chi connectivity index (χ3v) is 3.63. The van der Waals surface area contributed by atoms with Crippen LogP contribution in [0.4, 0.5) is 0 Å². The molecule has 1 aliphatic heterocycles. The van der Waals surface area contributed by atoms with Crippen molar-refractivity contribution in [3.05, 3.63) is 35.4 Å². The molecule has 0 aromatic heterocycles. The maximum atomic E-state index is 5.68. The summed E-state index contributed by atoms with van der Waals surface area (Å²) in [5.74, 6) is 0.598. The molecule has 1 unspecified atom stereocenters. The Morgan fingerprint density at radius 3 is 2.59 bits per heavy atom. The largest absolute Gasteiger partial charge is 0.379 e. The van der Waals surface area contributed by atoms with Crippen molar-refractivity contribution in [3.63, 3.8) is 0 Å². The Hall–Kier alpha value is -0.860. The number of hydrogen-bond donors (Lipinski definition) is 1. The van der Waals surface area contributed by atoms with Crippen molar-refractivity contribution in [2.45, 2.75) is 32.1 Å². The molecule has 0 saturated carbocycles. The van der Waals surface area contributed by atoms with Gasteiger partial charge in [-0.25, -0.2) is 0 Å². The molecule has 1 heterocycles. The van der Waals surface area contributed by atoms with Crippen LogP contribution in [0.5, 0.6) is 0 Å². The van der Waals surface area contributed by atoms with Crippen LogP contribution in [0.1, 0.15) is 37.8 Å². The van der Waals surface area contributed by atoms with Gasteiger partial charge in [-0.2, -0.15) is 0 Å². The van der Waals surface area contributed by atoms with Gasteiger partial charge < -0.3 is 10.1 Å². The van der Waals surface area contributed by atoms with Gasteiger partial charge in [0, 0.05) is 18.5 Å². The summed E-state index contributed by atoms with van der Waals surface area (Å²) >= 11 is 0. The molecule has 1 aromatic carbocycles. The molecule has 1 N–H and O–H groups in total. The van der Waals surface area contributed by atoms with E-state index in [-0.39, 0.29) is 5.41 Å². The molecule has 17 heavy (non-hydrogen) atoms. The van der Waals surface area contributed by atoms with Gasteiger partial charge in [0.2, 0.25) is 0 Å².